The van der Waals surface area contributed by atoms with E-state index in [1.807, 2.05) is 0 Å². The van der Waals surface area contributed by atoms with Crippen LogP contribution >= 0.6 is 0 Å². The molecule has 0 aliphatic heterocycles. The van der Waals surface area contributed by atoms with E-state index in [-0.39, 0.29) is 5.69 Å². The largest absolute Gasteiger partial charge is 0.364 e. The van der Waals surface area contributed by atoms with Crippen molar-refractivity contribution >= 4 is 11.5 Å². The van der Waals surface area contributed by atoms with Crippen LogP contribution in [0.4, 0.5) is 11.5 Å². The molecule has 0 radical (unpaired) electrons. The molecule has 0 aliphatic rings. The van der Waals surface area contributed by atoms with E-state index in [0.29, 0.717) is 24.5 Å². The summed E-state index contributed by atoms with van der Waals surface area (Å²) in [6.07, 6.45) is 0.651. The first-order valence-corrected chi connectivity index (χ1v) is 4.89. The van der Waals surface area contributed by atoms with Crippen molar-refractivity contribution in [3.63, 3.8) is 0 Å². The van der Waals surface area contributed by atoms with Gasteiger partial charge < -0.3 is 5.32 Å². The van der Waals surface area contributed by atoms with Gasteiger partial charge in [0, 0.05) is 20.0 Å². The predicted octanol–water partition coefficient (Wildman–Crippen LogP) is 1.46. The maximum atomic E-state index is 10.8. The lowest BCUT2D eigenvalue weighted by Gasteiger charge is -2.03. The minimum atomic E-state index is -0.420. The van der Waals surface area contributed by atoms with E-state index in [4.69, 9.17) is 0 Å². The molecule has 6 nitrogen and oxygen atoms in total. The smallest absolute Gasteiger partial charge is 0.333 e. The van der Waals surface area contributed by atoms with Crippen molar-refractivity contribution in [1.29, 1.82) is 0 Å². The van der Waals surface area contributed by atoms with Gasteiger partial charge in [-0.15, -0.1) is 11.8 Å². The molecule has 1 N–H and O–H groups in total. The number of aromatic nitrogens is 2. The van der Waals surface area contributed by atoms with Crippen molar-refractivity contribution in [1.82, 2.24) is 9.78 Å². The van der Waals surface area contributed by atoms with Crippen LogP contribution in [0.15, 0.2) is 0 Å². The minimum absolute atomic E-state index is 0.0342. The van der Waals surface area contributed by atoms with Crippen LogP contribution in [0.5, 0.6) is 0 Å². The molecule has 0 atom stereocenters. The van der Waals surface area contributed by atoms with Gasteiger partial charge in [-0.25, -0.2) is 4.68 Å². The van der Waals surface area contributed by atoms with Crippen molar-refractivity contribution in [2.45, 2.75) is 20.3 Å². The van der Waals surface area contributed by atoms with E-state index in [0.717, 1.165) is 0 Å². The van der Waals surface area contributed by atoms with Gasteiger partial charge in [0.05, 0.1) is 4.92 Å². The highest BCUT2D eigenvalue weighted by Crippen LogP contribution is 2.26. The Morgan fingerprint density at radius 1 is 1.62 bits per heavy atom. The number of nitrogens with zero attached hydrogens (tertiary/aromatic N) is 3. The van der Waals surface area contributed by atoms with E-state index < -0.39 is 4.92 Å². The van der Waals surface area contributed by atoms with Gasteiger partial charge in [0.15, 0.2) is 0 Å². The Kier molecular flexibility index (Phi) is 3.89. The van der Waals surface area contributed by atoms with Crippen LogP contribution in [0.1, 0.15) is 19.0 Å². The lowest BCUT2D eigenvalue weighted by atomic mass is 10.3. The second kappa shape index (κ2) is 5.16. The van der Waals surface area contributed by atoms with E-state index in [2.05, 4.69) is 22.3 Å². The molecule has 0 unspecified atom stereocenters. The van der Waals surface area contributed by atoms with Gasteiger partial charge in [-0.2, -0.15) is 5.10 Å². The number of aryl methyl sites for hydroxylation is 2. The molecule has 0 saturated carbocycles. The molecule has 16 heavy (non-hydrogen) atoms. The lowest BCUT2D eigenvalue weighted by Crippen LogP contribution is -2.07. The third-order valence-corrected chi connectivity index (χ3v) is 2.09. The zero-order valence-corrected chi connectivity index (χ0v) is 9.57. The van der Waals surface area contributed by atoms with Gasteiger partial charge in [0.2, 0.25) is 5.82 Å². The fourth-order valence-electron chi connectivity index (χ4n) is 1.43. The molecule has 0 fully saturated rings. The van der Waals surface area contributed by atoms with Crippen molar-refractivity contribution < 1.29 is 4.92 Å². The topological polar surface area (TPSA) is 73.0 Å². The van der Waals surface area contributed by atoms with Crippen LogP contribution in [0.3, 0.4) is 0 Å². The fraction of sp³-hybridized carbons (Fsp3) is 0.500. The maximum Gasteiger partial charge on any atom is 0.333 e. The van der Waals surface area contributed by atoms with Crippen LogP contribution in [0.2, 0.25) is 0 Å². The molecule has 0 aromatic carbocycles. The summed E-state index contributed by atoms with van der Waals surface area (Å²) in [5.41, 5.74) is 0.448. The highest BCUT2D eigenvalue weighted by Gasteiger charge is 2.23. The summed E-state index contributed by atoms with van der Waals surface area (Å²) in [7, 11) is 1.67. The Morgan fingerprint density at radius 3 is 2.88 bits per heavy atom. The third-order valence-electron chi connectivity index (χ3n) is 2.09. The molecule has 1 aromatic heterocycles. The molecular weight excluding hydrogens is 208 g/mol. The van der Waals surface area contributed by atoms with Gasteiger partial charge in [0.25, 0.3) is 0 Å². The van der Waals surface area contributed by atoms with Crippen molar-refractivity contribution in [2.24, 2.45) is 7.05 Å². The zero-order valence-electron chi connectivity index (χ0n) is 9.57. The lowest BCUT2D eigenvalue weighted by molar-refractivity contribution is -0.384. The molecule has 86 valence electrons. The monoisotopic (exact) mass is 222 g/mol. The fourth-order valence-corrected chi connectivity index (χ4v) is 1.43. The summed E-state index contributed by atoms with van der Waals surface area (Å²) >= 11 is 0. The Morgan fingerprint density at radius 2 is 2.31 bits per heavy atom. The van der Waals surface area contributed by atoms with E-state index in [1.54, 1.807) is 20.9 Å². The number of anilines is 1. The zero-order chi connectivity index (χ0) is 12.1. The summed E-state index contributed by atoms with van der Waals surface area (Å²) in [6.45, 7) is 3.95. The number of nitro groups is 1. The van der Waals surface area contributed by atoms with E-state index in [9.17, 15) is 10.1 Å². The molecule has 0 bridgehead atoms. The Balaban J connectivity index is 2.84. The van der Waals surface area contributed by atoms with Crippen LogP contribution in [-0.2, 0) is 7.05 Å². The first kappa shape index (κ1) is 12.0. The Labute approximate surface area is 93.8 Å². The van der Waals surface area contributed by atoms with Gasteiger partial charge >= 0.3 is 5.69 Å². The highest BCUT2D eigenvalue weighted by molar-refractivity contribution is 5.59. The molecule has 1 heterocycles. The number of nitrogens with one attached hydrogen (secondary N) is 1. The summed E-state index contributed by atoms with van der Waals surface area (Å²) < 4.78 is 1.48. The first-order chi connectivity index (χ1) is 7.57. The summed E-state index contributed by atoms with van der Waals surface area (Å²) in [6, 6.07) is 0. The molecule has 0 aliphatic carbocycles. The molecular formula is C10H14N4O2. The highest BCUT2D eigenvalue weighted by atomic mass is 16.6. The van der Waals surface area contributed by atoms with Gasteiger partial charge in [-0.3, -0.25) is 10.1 Å². The quantitative estimate of drug-likeness (QED) is 0.362. The Bertz CT molecular complexity index is 453. The number of hydrogen-bond donors (Lipinski definition) is 1. The number of rotatable bonds is 4. The Hall–Kier alpha value is -2.03. The van der Waals surface area contributed by atoms with E-state index >= 15 is 0 Å². The second-order valence-electron chi connectivity index (χ2n) is 3.27. The van der Waals surface area contributed by atoms with Gasteiger partial charge in [-0.05, 0) is 13.8 Å². The van der Waals surface area contributed by atoms with Gasteiger partial charge in [-0.1, -0.05) is 0 Å². The second-order valence-corrected chi connectivity index (χ2v) is 3.27. The first-order valence-electron chi connectivity index (χ1n) is 4.89. The molecule has 0 spiro atoms. The molecule has 1 aromatic rings. The van der Waals surface area contributed by atoms with Crippen molar-refractivity contribution in [3.05, 3.63) is 15.8 Å². The summed E-state index contributed by atoms with van der Waals surface area (Å²) in [5, 5.41) is 17.8. The molecule has 1 rings (SSSR count). The predicted molar refractivity (Wildman–Crippen MR) is 61.2 cm³/mol. The van der Waals surface area contributed by atoms with Crippen LogP contribution < -0.4 is 5.32 Å². The minimum Gasteiger partial charge on any atom is -0.364 e. The molecule has 0 amide bonds. The van der Waals surface area contributed by atoms with Crippen LogP contribution in [-0.4, -0.2) is 21.2 Å². The van der Waals surface area contributed by atoms with Gasteiger partial charge in [0.1, 0.15) is 5.69 Å². The van der Waals surface area contributed by atoms with Crippen molar-refractivity contribution in [2.75, 3.05) is 11.9 Å². The average Bonchev–Trinajstić information content (AvgIpc) is 2.48. The third kappa shape index (κ3) is 2.51. The molecule has 0 saturated heterocycles. The SMILES string of the molecule is CC#CCCNc1c([N+](=O)[O-])c(C)nn1C. The van der Waals surface area contributed by atoms with Crippen LogP contribution in [0, 0.1) is 28.9 Å². The summed E-state index contributed by atoms with van der Waals surface area (Å²) in [4.78, 5) is 10.4. The average molecular weight is 222 g/mol. The van der Waals surface area contributed by atoms with Crippen molar-refractivity contribution in [3.8, 4) is 11.8 Å². The summed E-state index contributed by atoms with van der Waals surface area (Å²) in [5.74, 6) is 6.08. The molecule has 6 heteroatoms. The van der Waals surface area contributed by atoms with Crippen LogP contribution in [0.25, 0.3) is 0 Å². The number of hydrogen-bond acceptors (Lipinski definition) is 4. The normalized spacial score (nSPS) is 9.44. The van der Waals surface area contributed by atoms with E-state index in [1.165, 1.54) is 4.68 Å². The maximum absolute atomic E-state index is 10.8. The standard InChI is InChI=1S/C10H14N4O2/c1-4-5-6-7-11-10-9(14(15)16)8(2)12-13(10)3/h11H,6-7H2,1-3H3.